The smallest absolute Gasteiger partial charge is 0.388 e. The molecule has 0 fully saturated rings. The van der Waals surface area contributed by atoms with Crippen molar-refractivity contribution in [2.75, 3.05) is 19.6 Å². The summed E-state index contributed by atoms with van der Waals surface area (Å²) < 4.78 is 49.7. The van der Waals surface area contributed by atoms with Gasteiger partial charge in [0.05, 0.1) is 12.6 Å². The van der Waals surface area contributed by atoms with Gasteiger partial charge in [-0.1, -0.05) is 19.1 Å². The molecule has 1 aromatic carbocycles. The summed E-state index contributed by atoms with van der Waals surface area (Å²) in [4.78, 5) is 1.20. The third kappa shape index (κ3) is 6.02. The summed E-state index contributed by atoms with van der Waals surface area (Å²) in [6.07, 6.45) is -5.08. The Hall–Kier alpha value is -1.14. The molecule has 1 unspecified atom stereocenters. The van der Waals surface area contributed by atoms with E-state index in [9.17, 15) is 22.7 Å². The third-order valence-corrected chi connectivity index (χ3v) is 2.80. The Labute approximate surface area is 109 Å². The maximum Gasteiger partial charge on any atom is 0.401 e. The largest absolute Gasteiger partial charge is 0.401 e. The number of halogens is 4. The van der Waals surface area contributed by atoms with Crippen LogP contribution >= 0.6 is 0 Å². The lowest BCUT2D eigenvalue weighted by atomic mass is 10.1. The van der Waals surface area contributed by atoms with Gasteiger partial charge in [0.2, 0.25) is 0 Å². The highest BCUT2D eigenvalue weighted by atomic mass is 19.4. The minimum absolute atomic E-state index is 0.105. The Balaban J connectivity index is 2.50. The van der Waals surface area contributed by atoms with Crippen LogP contribution in [0.3, 0.4) is 0 Å². The summed E-state index contributed by atoms with van der Waals surface area (Å²) in [5.74, 6) is -0.473. The normalized spacial score (nSPS) is 13.8. The van der Waals surface area contributed by atoms with Gasteiger partial charge in [-0.2, -0.15) is 13.2 Å². The Kier molecular flexibility index (Phi) is 5.75. The summed E-state index contributed by atoms with van der Waals surface area (Å²) in [5.41, 5.74) is 0.378. The Morgan fingerprint density at radius 2 is 2.00 bits per heavy atom. The molecule has 0 saturated carbocycles. The molecule has 0 radical (unpaired) electrons. The second-order valence-electron chi connectivity index (χ2n) is 4.34. The topological polar surface area (TPSA) is 23.5 Å². The van der Waals surface area contributed by atoms with E-state index in [1.54, 1.807) is 13.0 Å². The highest BCUT2D eigenvalue weighted by Crippen LogP contribution is 2.20. The number of aliphatic hydroxyl groups is 1. The number of aliphatic hydroxyl groups excluding tert-OH is 1. The van der Waals surface area contributed by atoms with Crippen molar-refractivity contribution in [3.05, 3.63) is 35.6 Å². The predicted molar refractivity (Wildman–Crippen MR) is 64.1 cm³/mol. The third-order valence-electron chi connectivity index (χ3n) is 2.80. The van der Waals surface area contributed by atoms with Crippen LogP contribution in [0.1, 0.15) is 25.0 Å². The molecule has 1 rings (SSSR count). The highest BCUT2D eigenvalue weighted by Gasteiger charge is 2.30. The van der Waals surface area contributed by atoms with Crippen LogP contribution in [0.15, 0.2) is 24.3 Å². The zero-order chi connectivity index (χ0) is 14.5. The number of benzene rings is 1. The van der Waals surface area contributed by atoms with E-state index in [1.165, 1.54) is 23.1 Å². The summed E-state index contributed by atoms with van der Waals surface area (Å²) in [6, 6.07) is 5.44. The van der Waals surface area contributed by atoms with Crippen LogP contribution in [0, 0.1) is 5.82 Å². The van der Waals surface area contributed by atoms with Crippen LogP contribution in [0.2, 0.25) is 0 Å². The van der Waals surface area contributed by atoms with Crippen LogP contribution in [0.4, 0.5) is 17.6 Å². The van der Waals surface area contributed by atoms with Gasteiger partial charge in [-0.05, 0) is 30.7 Å². The molecule has 6 heteroatoms. The van der Waals surface area contributed by atoms with Gasteiger partial charge in [0.15, 0.2) is 0 Å². The monoisotopic (exact) mass is 279 g/mol. The molecule has 0 aliphatic heterocycles. The van der Waals surface area contributed by atoms with Gasteiger partial charge in [0, 0.05) is 6.54 Å². The number of alkyl halides is 3. The van der Waals surface area contributed by atoms with Crippen molar-refractivity contribution in [1.82, 2.24) is 4.90 Å². The number of hydrogen-bond acceptors (Lipinski definition) is 2. The van der Waals surface area contributed by atoms with Crippen molar-refractivity contribution in [2.24, 2.45) is 0 Å². The van der Waals surface area contributed by atoms with E-state index in [1.807, 2.05) is 0 Å². The minimum Gasteiger partial charge on any atom is -0.388 e. The second kappa shape index (κ2) is 6.86. The van der Waals surface area contributed by atoms with Gasteiger partial charge in [-0.3, -0.25) is 4.90 Å². The zero-order valence-electron chi connectivity index (χ0n) is 10.6. The molecule has 0 bridgehead atoms. The van der Waals surface area contributed by atoms with Crippen molar-refractivity contribution in [2.45, 2.75) is 25.6 Å². The molecule has 0 heterocycles. The molecule has 108 valence electrons. The van der Waals surface area contributed by atoms with E-state index < -0.39 is 24.6 Å². The lowest BCUT2D eigenvalue weighted by Crippen LogP contribution is -2.35. The summed E-state index contributed by atoms with van der Waals surface area (Å²) in [7, 11) is 0. The van der Waals surface area contributed by atoms with Crippen LogP contribution in [0.5, 0.6) is 0 Å². The summed E-state index contributed by atoms with van der Waals surface area (Å²) in [6.45, 7) is 0.975. The Morgan fingerprint density at radius 3 is 2.53 bits per heavy atom. The molecule has 0 aliphatic rings. The molecule has 1 N–H and O–H groups in total. The van der Waals surface area contributed by atoms with Gasteiger partial charge >= 0.3 is 6.18 Å². The van der Waals surface area contributed by atoms with Gasteiger partial charge in [-0.15, -0.1) is 0 Å². The van der Waals surface area contributed by atoms with Crippen molar-refractivity contribution in [3.8, 4) is 0 Å². The number of rotatable bonds is 6. The minimum atomic E-state index is -4.25. The van der Waals surface area contributed by atoms with Gasteiger partial charge in [-0.25, -0.2) is 4.39 Å². The summed E-state index contributed by atoms with van der Waals surface area (Å²) in [5, 5.41) is 9.81. The fraction of sp³-hybridized carbons (Fsp3) is 0.538. The van der Waals surface area contributed by atoms with E-state index in [-0.39, 0.29) is 19.5 Å². The maximum absolute atomic E-state index is 12.9. The molecule has 0 aliphatic carbocycles. The molecule has 19 heavy (non-hydrogen) atoms. The Bertz CT molecular complexity index is 394. The van der Waals surface area contributed by atoms with Gasteiger partial charge in [0.1, 0.15) is 5.82 Å². The molecular weight excluding hydrogens is 262 g/mol. The molecule has 2 nitrogen and oxygen atoms in total. The van der Waals surface area contributed by atoms with Crippen molar-refractivity contribution < 1.29 is 22.7 Å². The molecule has 1 atom stereocenters. The van der Waals surface area contributed by atoms with E-state index >= 15 is 0 Å². The van der Waals surface area contributed by atoms with Gasteiger partial charge < -0.3 is 5.11 Å². The first-order valence-electron chi connectivity index (χ1n) is 6.04. The average molecular weight is 279 g/mol. The maximum atomic E-state index is 12.9. The quantitative estimate of drug-likeness (QED) is 0.809. The fourth-order valence-corrected chi connectivity index (χ4v) is 1.79. The van der Waals surface area contributed by atoms with Crippen LogP contribution in [-0.4, -0.2) is 35.8 Å². The first-order valence-corrected chi connectivity index (χ1v) is 6.04. The van der Waals surface area contributed by atoms with E-state index in [2.05, 4.69) is 0 Å². The lowest BCUT2D eigenvalue weighted by molar-refractivity contribution is -0.146. The van der Waals surface area contributed by atoms with Crippen LogP contribution in [0.25, 0.3) is 0 Å². The van der Waals surface area contributed by atoms with E-state index in [0.29, 0.717) is 5.56 Å². The van der Waals surface area contributed by atoms with Crippen molar-refractivity contribution in [3.63, 3.8) is 0 Å². The molecule has 1 aromatic rings. The van der Waals surface area contributed by atoms with Crippen molar-refractivity contribution in [1.29, 1.82) is 0 Å². The SMILES string of the molecule is CCN(CCC(O)c1cccc(F)c1)CC(F)(F)F. The fourth-order valence-electron chi connectivity index (χ4n) is 1.79. The molecule has 0 amide bonds. The van der Waals surface area contributed by atoms with E-state index in [4.69, 9.17) is 0 Å². The average Bonchev–Trinajstić information content (AvgIpc) is 2.32. The number of hydrogen-bond donors (Lipinski definition) is 1. The predicted octanol–water partition coefficient (Wildman–Crippen LogP) is 3.13. The number of nitrogens with zero attached hydrogens (tertiary/aromatic N) is 1. The Morgan fingerprint density at radius 1 is 1.32 bits per heavy atom. The lowest BCUT2D eigenvalue weighted by Gasteiger charge is -2.23. The first-order chi connectivity index (χ1) is 8.81. The molecule has 0 aromatic heterocycles. The highest BCUT2D eigenvalue weighted by molar-refractivity contribution is 5.18. The molecule has 0 spiro atoms. The second-order valence-corrected chi connectivity index (χ2v) is 4.34. The van der Waals surface area contributed by atoms with Crippen LogP contribution in [-0.2, 0) is 0 Å². The van der Waals surface area contributed by atoms with E-state index in [0.717, 1.165) is 0 Å². The van der Waals surface area contributed by atoms with Gasteiger partial charge in [0.25, 0.3) is 0 Å². The van der Waals surface area contributed by atoms with Crippen LogP contribution < -0.4 is 0 Å². The zero-order valence-corrected chi connectivity index (χ0v) is 10.6. The van der Waals surface area contributed by atoms with Crippen molar-refractivity contribution >= 4 is 0 Å². The summed E-state index contributed by atoms with van der Waals surface area (Å²) >= 11 is 0. The standard InChI is InChI=1S/C13H17F4NO/c1-2-18(9-13(15,16)17)7-6-12(19)10-4-3-5-11(14)8-10/h3-5,8,12,19H,2,6-7,9H2,1H3. The molecule has 0 saturated heterocycles. The molecular formula is C13H17F4NO. The first kappa shape index (κ1) is 15.9.